The van der Waals surface area contributed by atoms with Crippen molar-refractivity contribution >= 4 is 0 Å². The first-order chi connectivity index (χ1) is 8.13. The highest BCUT2D eigenvalue weighted by atomic mass is 15.1. The zero-order chi connectivity index (χ0) is 13.1. The molecule has 2 atom stereocenters. The number of hydrogen-bond acceptors (Lipinski definition) is 2. The molecule has 0 radical (unpaired) electrons. The van der Waals surface area contributed by atoms with Crippen LogP contribution in [0.25, 0.3) is 0 Å². The average Bonchev–Trinajstić information content (AvgIpc) is 2.32. The Labute approximate surface area is 109 Å². The molecule has 0 bridgehead atoms. The Morgan fingerprint density at radius 1 is 1.00 bits per heavy atom. The first-order valence-corrected chi connectivity index (χ1v) is 7.59. The second kappa shape index (κ2) is 11.0. The summed E-state index contributed by atoms with van der Waals surface area (Å²) in [5.74, 6) is 0.824. The average molecular weight is 242 g/mol. The van der Waals surface area contributed by atoms with E-state index in [0.717, 1.165) is 5.92 Å². The van der Waals surface area contributed by atoms with Crippen molar-refractivity contribution in [2.45, 2.75) is 66.3 Å². The molecule has 0 saturated heterocycles. The van der Waals surface area contributed by atoms with Gasteiger partial charge in [0.2, 0.25) is 0 Å². The lowest BCUT2D eigenvalue weighted by atomic mass is 10.1. The minimum Gasteiger partial charge on any atom is -0.314 e. The van der Waals surface area contributed by atoms with Gasteiger partial charge >= 0.3 is 0 Å². The lowest BCUT2D eigenvalue weighted by Gasteiger charge is -2.21. The predicted molar refractivity (Wildman–Crippen MR) is 78.6 cm³/mol. The van der Waals surface area contributed by atoms with Crippen molar-refractivity contribution in [1.29, 1.82) is 0 Å². The second-order valence-electron chi connectivity index (χ2n) is 5.37. The molecule has 2 unspecified atom stereocenters. The number of hydrogen-bond donors (Lipinski definition) is 1. The van der Waals surface area contributed by atoms with Gasteiger partial charge in [-0.15, -0.1) is 0 Å². The maximum atomic E-state index is 3.66. The van der Waals surface area contributed by atoms with Crippen LogP contribution in [0.4, 0.5) is 0 Å². The van der Waals surface area contributed by atoms with Crippen LogP contribution in [0.3, 0.4) is 0 Å². The fraction of sp³-hybridized carbons (Fsp3) is 1.00. The Bertz CT molecular complexity index is 155. The number of rotatable bonds is 11. The van der Waals surface area contributed by atoms with Crippen LogP contribution in [-0.4, -0.2) is 37.1 Å². The minimum absolute atomic E-state index is 0.671. The molecular formula is C15H34N2. The van der Waals surface area contributed by atoms with E-state index in [0.29, 0.717) is 6.04 Å². The van der Waals surface area contributed by atoms with E-state index in [1.165, 1.54) is 51.9 Å². The van der Waals surface area contributed by atoms with E-state index in [-0.39, 0.29) is 0 Å². The first-order valence-electron chi connectivity index (χ1n) is 7.59. The largest absolute Gasteiger partial charge is 0.314 e. The molecule has 0 aromatic heterocycles. The van der Waals surface area contributed by atoms with Crippen LogP contribution in [0.5, 0.6) is 0 Å². The van der Waals surface area contributed by atoms with E-state index in [2.05, 4.69) is 44.8 Å². The zero-order valence-electron chi connectivity index (χ0n) is 12.8. The van der Waals surface area contributed by atoms with E-state index in [4.69, 9.17) is 0 Å². The molecule has 1 N–H and O–H groups in total. The van der Waals surface area contributed by atoms with Crippen molar-refractivity contribution in [1.82, 2.24) is 10.2 Å². The highest BCUT2D eigenvalue weighted by Gasteiger charge is 2.06. The molecule has 0 rings (SSSR count). The van der Waals surface area contributed by atoms with Gasteiger partial charge in [-0.3, -0.25) is 0 Å². The van der Waals surface area contributed by atoms with Gasteiger partial charge in [-0.2, -0.15) is 0 Å². The summed E-state index contributed by atoms with van der Waals surface area (Å²) in [6.07, 6.45) is 5.27. The molecule has 0 aliphatic carbocycles. The monoisotopic (exact) mass is 242 g/mol. The fourth-order valence-electron chi connectivity index (χ4n) is 2.26. The lowest BCUT2D eigenvalue weighted by molar-refractivity contribution is 0.289. The summed E-state index contributed by atoms with van der Waals surface area (Å²) in [6, 6.07) is 0.671. The Hall–Kier alpha value is -0.0800. The second-order valence-corrected chi connectivity index (χ2v) is 5.37. The summed E-state index contributed by atoms with van der Waals surface area (Å²) < 4.78 is 0. The van der Waals surface area contributed by atoms with Crippen molar-refractivity contribution < 1.29 is 0 Å². The van der Waals surface area contributed by atoms with Crippen molar-refractivity contribution in [2.75, 3.05) is 26.2 Å². The standard InChI is InChI=1S/C15H34N2/c1-6-10-14(4)13-16-15(5)11-9-12-17(7-2)8-3/h14-16H,6-13H2,1-5H3. The van der Waals surface area contributed by atoms with Gasteiger partial charge in [0, 0.05) is 6.04 Å². The summed E-state index contributed by atoms with van der Waals surface area (Å²) in [6.45, 7) is 16.2. The van der Waals surface area contributed by atoms with Gasteiger partial charge in [-0.1, -0.05) is 34.1 Å². The normalized spacial score (nSPS) is 15.2. The highest BCUT2D eigenvalue weighted by Crippen LogP contribution is 2.05. The molecule has 0 fully saturated rings. The van der Waals surface area contributed by atoms with Crippen LogP contribution in [-0.2, 0) is 0 Å². The van der Waals surface area contributed by atoms with Gasteiger partial charge in [-0.05, 0) is 58.3 Å². The summed E-state index contributed by atoms with van der Waals surface area (Å²) in [7, 11) is 0. The van der Waals surface area contributed by atoms with Gasteiger partial charge in [0.25, 0.3) is 0 Å². The molecule has 2 nitrogen and oxygen atoms in total. The van der Waals surface area contributed by atoms with Crippen LogP contribution < -0.4 is 5.32 Å². The van der Waals surface area contributed by atoms with E-state index >= 15 is 0 Å². The minimum atomic E-state index is 0.671. The fourth-order valence-corrected chi connectivity index (χ4v) is 2.26. The van der Waals surface area contributed by atoms with E-state index in [1.807, 2.05) is 0 Å². The molecule has 0 aliphatic heterocycles. The van der Waals surface area contributed by atoms with Gasteiger partial charge < -0.3 is 10.2 Å². The summed E-state index contributed by atoms with van der Waals surface area (Å²) in [5, 5.41) is 3.66. The third-order valence-corrected chi connectivity index (χ3v) is 3.60. The van der Waals surface area contributed by atoms with E-state index in [9.17, 15) is 0 Å². The van der Waals surface area contributed by atoms with Gasteiger partial charge in [-0.25, -0.2) is 0 Å². The third-order valence-electron chi connectivity index (χ3n) is 3.60. The SMILES string of the molecule is CCCC(C)CNC(C)CCCN(CC)CC. The van der Waals surface area contributed by atoms with Gasteiger partial charge in [0.05, 0.1) is 0 Å². The van der Waals surface area contributed by atoms with Crippen LogP contribution in [0.15, 0.2) is 0 Å². The summed E-state index contributed by atoms with van der Waals surface area (Å²) in [5.41, 5.74) is 0. The first kappa shape index (κ1) is 16.9. The van der Waals surface area contributed by atoms with Gasteiger partial charge in [0.1, 0.15) is 0 Å². The molecule has 0 aromatic rings. The molecule has 17 heavy (non-hydrogen) atoms. The molecule has 0 spiro atoms. The van der Waals surface area contributed by atoms with Gasteiger partial charge in [0.15, 0.2) is 0 Å². The Balaban J connectivity index is 3.48. The molecule has 0 aromatic carbocycles. The predicted octanol–water partition coefficient (Wildman–Crippen LogP) is 3.52. The van der Waals surface area contributed by atoms with E-state index < -0.39 is 0 Å². The van der Waals surface area contributed by atoms with Crippen LogP contribution >= 0.6 is 0 Å². The quantitative estimate of drug-likeness (QED) is 0.596. The Morgan fingerprint density at radius 2 is 1.65 bits per heavy atom. The zero-order valence-corrected chi connectivity index (χ0v) is 12.8. The van der Waals surface area contributed by atoms with Crippen LogP contribution in [0, 0.1) is 5.92 Å². The van der Waals surface area contributed by atoms with Crippen molar-refractivity contribution in [3.8, 4) is 0 Å². The molecule has 104 valence electrons. The van der Waals surface area contributed by atoms with Crippen molar-refractivity contribution in [3.63, 3.8) is 0 Å². The maximum Gasteiger partial charge on any atom is 0.00393 e. The molecule has 2 heteroatoms. The Morgan fingerprint density at radius 3 is 2.18 bits per heavy atom. The summed E-state index contributed by atoms with van der Waals surface area (Å²) in [4.78, 5) is 2.51. The smallest absolute Gasteiger partial charge is 0.00393 e. The van der Waals surface area contributed by atoms with Crippen molar-refractivity contribution in [3.05, 3.63) is 0 Å². The van der Waals surface area contributed by atoms with E-state index in [1.54, 1.807) is 0 Å². The molecule has 0 heterocycles. The Kier molecular flexibility index (Phi) is 11.0. The third kappa shape index (κ3) is 9.61. The number of nitrogens with zero attached hydrogens (tertiary/aromatic N) is 1. The summed E-state index contributed by atoms with van der Waals surface area (Å²) >= 11 is 0. The van der Waals surface area contributed by atoms with Crippen molar-refractivity contribution in [2.24, 2.45) is 5.92 Å². The molecular weight excluding hydrogens is 208 g/mol. The lowest BCUT2D eigenvalue weighted by Crippen LogP contribution is -2.31. The molecule has 0 aliphatic rings. The maximum absolute atomic E-state index is 3.66. The van der Waals surface area contributed by atoms with Crippen LogP contribution in [0.1, 0.15) is 60.3 Å². The number of nitrogens with one attached hydrogen (secondary N) is 1. The highest BCUT2D eigenvalue weighted by molar-refractivity contribution is 4.65. The van der Waals surface area contributed by atoms with Crippen LogP contribution in [0.2, 0.25) is 0 Å². The molecule has 0 amide bonds. The molecule has 0 saturated carbocycles. The topological polar surface area (TPSA) is 15.3 Å².